The Morgan fingerprint density at radius 1 is 0.743 bits per heavy atom. The van der Waals surface area contributed by atoms with Crippen LogP contribution >= 0.6 is 0 Å². The minimum absolute atomic E-state index is 0. The molecule has 4 bridgehead atoms. The Balaban J connectivity index is 0.00000114. The van der Waals surface area contributed by atoms with Gasteiger partial charge < -0.3 is 34.3 Å². The molecule has 10 nitrogen and oxygen atoms in total. The molecule has 0 spiro atoms. The Labute approximate surface area is 214 Å². The summed E-state index contributed by atoms with van der Waals surface area (Å²) in [6.45, 7) is 4.14. The number of para-hydroxylation sites is 2. The van der Waals surface area contributed by atoms with Gasteiger partial charge in [0, 0.05) is 47.5 Å². The molecule has 0 aromatic heterocycles. The van der Waals surface area contributed by atoms with Gasteiger partial charge in [-0.25, -0.2) is 0 Å². The predicted molar refractivity (Wildman–Crippen MR) is 127 cm³/mol. The monoisotopic (exact) mass is 529 g/mol. The van der Waals surface area contributed by atoms with E-state index in [1.54, 1.807) is 48.8 Å². The first-order valence-corrected chi connectivity index (χ1v) is 10.7. The van der Waals surface area contributed by atoms with Crippen LogP contribution in [0, 0.1) is 0 Å². The number of benzene rings is 2. The summed E-state index contributed by atoms with van der Waals surface area (Å²) in [5.41, 5.74) is 1.13. The molecular weight excluding hydrogens is 499 g/mol. The largest absolute Gasteiger partial charge is 0.504 e. The third-order valence-corrected chi connectivity index (χ3v) is 4.22. The van der Waals surface area contributed by atoms with Crippen LogP contribution in [0.25, 0.3) is 0 Å². The van der Waals surface area contributed by atoms with Crippen LogP contribution in [-0.4, -0.2) is 86.4 Å². The van der Waals surface area contributed by atoms with Gasteiger partial charge in [-0.2, -0.15) is 0 Å². The molecule has 0 saturated carbocycles. The number of carboxylic acids is 1. The van der Waals surface area contributed by atoms with Crippen molar-refractivity contribution in [2.24, 2.45) is 9.98 Å². The number of phenols is 2. The number of rotatable bonds is 0. The van der Waals surface area contributed by atoms with Crippen molar-refractivity contribution in [2.45, 2.75) is 6.92 Å². The number of hydrogen-bond donors (Lipinski definition) is 3. The molecule has 1 aliphatic rings. The Kier molecular flexibility index (Phi) is 14.8. The van der Waals surface area contributed by atoms with Crippen molar-refractivity contribution >= 4 is 18.4 Å². The molecule has 0 amide bonds. The number of aliphatic imine (C=N–C) groups is 2. The number of phenolic OH excluding ortho intramolecular Hbond substituents is 2. The molecule has 0 aliphatic carbocycles. The molecule has 3 N–H and O–H groups in total. The Morgan fingerprint density at radius 3 is 1.51 bits per heavy atom. The van der Waals surface area contributed by atoms with Crippen LogP contribution in [0.4, 0.5) is 0 Å². The second kappa shape index (κ2) is 17.3. The molecular formula is C24H30MnN2O8. The van der Waals surface area contributed by atoms with Crippen LogP contribution in [0.1, 0.15) is 18.1 Å². The van der Waals surface area contributed by atoms with Crippen molar-refractivity contribution < 1.29 is 56.1 Å². The van der Waals surface area contributed by atoms with Gasteiger partial charge in [-0.15, -0.1) is 0 Å². The number of carboxylic acid groups (broad SMARTS) is 1. The van der Waals surface area contributed by atoms with E-state index in [-0.39, 0.29) is 28.6 Å². The second-order valence-electron chi connectivity index (χ2n) is 6.90. The van der Waals surface area contributed by atoms with Crippen LogP contribution < -0.4 is 9.47 Å². The predicted octanol–water partition coefficient (Wildman–Crippen LogP) is 2.53. The molecule has 35 heavy (non-hydrogen) atoms. The van der Waals surface area contributed by atoms with E-state index in [4.69, 9.17) is 28.8 Å². The number of aliphatic carboxylic acids is 1. The van der Waals surface area contributed by atoms with Gasteiger partial charge in [0.25, 0.3) is 5.97 Å². The topological polar surface area (TPSA) is 139 Å². The Morgan fingerprint density at radius 2 is 1.11 bits per heavy atom. The Hall–Kier alpha value is -3.11. The van der Waals surface area contributed by atoms with Gasteiger partial charge >= 0.3 is 0 Å². The fourth-order valence-electron chi connectivity index (χ4n) is 2.70. The standard InChI is InChI=1S/C22H26N2O6.C2H4O2.Mn/c25-21-17-3-1-5-19(21)29-13-11-27-9-10-28-12-14-30-20-6-2-4-18(22(20)26)16-24-8-7-23-15-17;1-2(3)4;/h1-6,15-16,25-26H,7-14H2;1H3,(H,3,4);. The van der Waals surface area contributed by atoms with E-state index in [1.807, 2.05) is 0 Å². The number of aromatic hydroxyl groups is 2. The molecule has 2 aromatic carbocycles. The summed E-state index contributed by atoms with van der Waals surface area (Å²) in [5.74, 6) is 0.00635. The van der Waals surface area contributed by atoms with Crippen molar-refractivity contribution in [3.05, 3.63) is 47.5 Å². The zero-order valence-corrected chi connectivity index (χ0v) is 20.6. The Bertz CT molecular complexity index is 893. The van der Waals surface area contributed by atoms with Gasteiger partial charge in [0.05, 0.1) is 39.5 Å². The normalized spacial score (nSPS) is 14.9. The summed E-state index contributed by atoms with van der Waals surface area (Å²) in [5, 5.41) is 28.1. The van der Waals surface area contributed by atoms with Gasteiger partial charge in [-0.3, -0.25) is 14.8 Å². The fourth-order valence-corrected chi connectivity index (χ4v) is 2.70. The van der Waals surface area contributed by atoms with Crippen molar-refractivity contribution in [3.8, 4) is 23.0 Å². The summed E-state index contributed by atoms with van der Waals surface area (Å²) in [4.78, 5) is 17.6. The molecule has 2 aromatic rings. The third-order valence-electron chi connectivity index (χ3n) is 4.22. The summed E-state index contributed by atoms with van der Waals surface area (Å²) in [7, 11) is 0. The van der Waals surface area contributed by atoms with Crippen molar-refractivity contribution in [1.82, 2.24) is 0 Å². The first kappa shape index (κ1) is 29.9. The fraction of sp³-hybridized carbons (Fsp3) is 0.375. The zero-order chi connectivity index (χ0) is 24.6. The van der Waals surface area contributed by atoms with Gasteiger partial charge in [0.1, 0.15) is 13.2 Å². The smallest absolute Gasteiger partial charge is 0.300 e. The minimum atomic E-state index is -0.833. The summed E-state index contributed by atoms with van der Waals surface area (Å²) < 4.78 is 22.1. The SMILES string of the molecule is CC(=O)O.Oc1c2cccc1OCCOCCOCCOc1cccc(c1O)C=NCCN=C2.[Mn]. The van der Waals surface area contributed by atoms with E-state index in [9.17, 15) is 10.2 Å². The van der Waals surface area contributed by atoms with Crippen molar-refractivity contribution in [1.29, 1.82) is 0 Å². The molecule has 11 heteroatoms. The van der Waals surface area contributed by atoms with Gasteiger partial charge in [-0.05, 0) is 24.3 Å². The molecule has 1 heterocycles. The van der Waals surface area contributed by atoms with Gasteiger partial charge in [0.2, 0.25) is 0 Å². The summed E-state index contributed by atoms with van der Waals surface area (Å²) in [6, 6.07) is 10.5. The molecule has 0 atom stereocenters. The van der Waals surface area contributed by atoms with E-state index in [0.717, 1.165) is 6.92 Å². The van der Waals surface area contributed by atoms with E-state index in [1.165, 1.54) is 0 Å². The maximum atomic E-state index is 10.3. The van der Waals surface area contributed by atoms with Crippen molar-refractivity contribution in [3.63, 3.8) is 0 Å². The van der Waals surface area contributed by atoms with Gasteiger partial charge in [0.15, 0.2) is 23.0 Å². The molecule has 0 fully saturated rings. The third kappa shape index (κ3) is 11.7. The first-order valence-electron chi connectivity index (χ1n) is 10.7. The van der Waals surface area contributed by atoms with Gasteiger partial charge in [-0.1, -0.05) is 12.1 Å². The van der Waals surface area contributed by atoms with Crippen LogP contribution in [0.3, 0.4) is 0 Å². The zero-order valence-electron chi connectivity index (χ0n) is 19.4. The molecule has 0 saturated heterocycles. The number of fused-ring (bicyclic) bond motifs is 4. The summed E-state index contributed by atoms with van der Waals surface area (Å²) >= 11 is 0. The van der Waals surface area contributed by atoms with Crippen LogP contribution in [0.2, 0.25) is 0 Å². The van der Waals surface area contributed by atoms with E-state index < -0.39 is 5.97 Å². The average molecular weight is 529 g/mol. The minimum Gasteiger partial charge on any atom is -0.504 e. The number of hydrogen-bond acceptors (Lipinski definition) is 9. The number of carbonyl (C=O) groups is 1. The van der Waals surface area contributed by atoms with Crippen LogP contribution in [0.5, 0.6) is 23.0 Å². The molecule has 1 radical (unpaired) electrons. The molecule has 3 rings (SSSR count). The van der Waals surface area contributed by atoms with E-state index in [2.05, 4.69) is 9.98 Å². The first-order chi connectivity index (χ1) is 16.5. The quantitative estimate of drug-likeness (QED) is 0.443. The molecule has 191 valence electrons. The number of ether oxygens (including phenoxy) is 4. The summed E-state index contributed by atoms with van der Waals surface area (Å²) in [6.07, 6.45) is 3.17. The van der Waals surface area contributed by atoms with Crippen LogP contribution in [-0.2, 0) is 31.3 Å². The molecule has 0 unspecified atom stereocenters. The number of nitrogens with zero attached hydrogens (tertiary/aromatic N) is 2. The van der Waals surface area contributed by atoms with Crippen molar-refractivity contribution in [2.75, 3.05) is 52.7 Å². The van der Waals surface area contributed by atoms with E-state index >= 15 is 0 Å². The maximum absolute atomic E-state index is 10.3. The average Bonchev–Trinajstić information content (AvgIpc) is 2.80. The van der Waals surface area contributed by atoms with E-state index in [0.29, 0.717) is 75.4 Å². The van der Waals surface area contributed by atoms with Crippen LogP contribution in [0.15, 0.2) is 46.4 Å². The second-order valence-corrected chi connectivity index (χ2v) is 6.90. The molecule has 1 aliphatic heterocycles. The maximum Gasteiger partial charge on any atom is 0.300 e.